The first kappa shape index (κ1) is 22.2. The van der Waals surface area contributed by atoms with Crippen molar-refractivity contribution in [2.24, 2.45) is 0 Å². The number of fused-ring (bicyclic) bond motifs is 5. The largest absolute Gasteiger partial charge is 0.495 e. The number of benzene rings is 1. The highest BCUT2D eigenvalue weighted by Gasteiger charge is 2.45. The van der Waals surface area contributed by atoms with Gasteiger partial charge in [0.05, 0.1) is 55.7 Å². The highest BCUT2D eigenvalue weighted by Crippen LogP contribution is 2.48. The molecule has 0 fully saturated rings. The molecule has 0 amide bonds. The lowest BCUT2D eigenvalue weighted by molar-refractivity contribution is -0.172. The van der Waals surface area contributed by atoms with Crippen LogP contribution >= 0.6 is 0 Å². The first-order chi connectivity index (χ1) is 16.3. The summed E-state index contributed by atoms with van der Waals surface area (Å²) in [6, 6.07) is 3.58. The van der Waals surface area contributed by atoms with Crippen molar-refractivity contribution in [1.29, 1.82) is 0 Å². The van der Waals surface area contributed by atoms with Crippen molar-refractivity contribution >= 4 is 16.9 Å². The number of aryl methyl sites for hydroxylation is 1. The molecule has 0 aliphatic carbocycles. The molecule has 9 nitrogen and oxygen atoms in total. The van der Waals surface area contributed by atoms with Crippen molar-refractivity contribution in [3.63, 3.8) is 0 Å². The number of ether oxygens (including phenoxy) is 4. The molecule has 0 saturated heterocycles. The Hall–Kier alpha value is -3.59. The number of carbonyl (C=O) groups excluding carboxylic acids is 1. The van der Waals surface area contributed by atoms with E-state index in [1.54, 1.807) is 38.9 Å². The van der Waals surface area contributed by atoms with Gasteiger partial charge >= 0.3 is 5.97 Å². The number of cyclic esters (lactones) is 1. The van der Waals surface area contributed by atoms with E-state index in [0.29, 0.717) is 46.0 Å². The average Bonchev–Trinajstić information content (AvgIpc) is 3.22. The minimum Gasteiger partial charge on any atom is -0.495 e. The summed E-state index contributed by atoms with van der Waals surface area (Å²) in [5.41, 5.74) is 1.78. The molecule has 178 valence electrons. The highest BCUT2D eigenvalue weighted by molar-refractivity contribution is 5.99. The van der Waals surface area contributed by atoms with Crippen molar-refractivity contribution in [2.75, 3.05) is 21.3 Å². The van der Waals surface area contributed by atoms with Gasteiger partial charge in [0.2, 0.25) is 0 Å². The molecule has 3 aromatic rings. The summed E-state index contributed by atoms with van der Waals surface area (Å²) in [5.74, 6) is 0.867. The van der Waals surface area contributed by atoms with E-state index in [1.807, 2.05) is 13.0 Å². The molecule has 2 aliphatic heterocycles. The van der Waals surface area contributed by atoms with E-state index in [9.17, 15) is 14.7 Å². The zero-order chi connectivity index (χ0) is 24.4. The van der Waals surface area contributed by atoms with Gasteiger partial charge < -0.3 is 28.6 Å². The average molecular weight is 466 g/mol. The molecule has 2 aliphatic rings. The third-order valence-electron chi connectivity index (χ3n) is 6.92. The summed E-state index contributed by atoms with van der Waals surface area (Å²) in [6.07, 6.45) is 0.768. The van der Waals surface area contributed by atoms with Crippen LogP contribution in [0.2, 0.25) is 0 Å². The standard InChI is InChI=1S/C25H26N2O7/c1-6-12-8-17(31-3)22(33-5)18-19(12)26-20-13(21(18)32-4)10-27-16(20)9-15-14(23(27)28)11-34-24(29)25(15,30)7-2/h8-9,30H,6-7,10-11H2,1-5H3/t25-/m0/s1. The van der Waals surface area contributed by atoms with Crippen LogP contribution < -0.4 is 19.8 Å². The van der Waals surface area contributed by atoms with Crippen LogP contribution in [-0.2, 0) is 34.7 Å². The Balaban J connectivity index is 1.88. The van der Waals surface area contributed by atoms with Crippen LogP contribution in [0, 0.1) is 0 Å². The molecule has 0 saturated carbocycles. The van der Waals surface area contributed by atoms with Crippen LogP contribution in [0.15, 0.2) is 16.9 Å². The van der Waals surface area contributed by atoms with Gasteiger partial charge in [-0.25, -0.2) is 9.78 Å². The Morgan fingerprint density at radius 1 is 1.09 bits per heavy atom. The van der Waals surface area contributed by atoms with Crippen molar-refractivity contribution in [3.8, 4) is 28.6 Å². The van der Waals surface area contributed by atoms with Crippen LogP contribution in [-0.4, -0.2) is 42.0 Å². The van der Waals surface area contributed by atoms with Gasteiger partial charge in [-0.3, -0.25) is 4.79 Å². The van der Waals surface area contributed by atoms with Crippen molar-refractivity contribution < 1.29 is 28.8 Å². The number of hydrogen-bond donors (Lipinski definition) is 1. The maximum absolute atomic E-state index is 13.5. The number of aliphatic hydroxyl groups is 1. The summed E-state index contributed by atoms with van der Waals surface area (Å²) >= 11 is 0. The summed E-state index contributed by atoms with van der Waals surface area (Å²) in [4.78, 5) is 30.9. The molecular formula is C25H26N2O7. The van der Waals surface area contributed by atoms with E-state index >= 15 is 0 Å². The fourth-order valence-electron chi connectivity index (χ4n) is 5.08. The van der Waals surface area contributed by atoms with Crippen molar-refractivity contribution in [3.05, 3.63) is 44.7 Å². The third-order valence-corrected chi connectivity index (χ3v) is 6.92. The number of nitrogens with zero attached hydrogens (tertiary/aromatic N) is 2. The lowest BCUT2D eigenvalue weighted by Gasteiger charge is -2.31. The summed E-state index contributed by atoms with van der Waals surface area (Å²) in [7, 11) is 4.71. The molecule has 9 heteroatoms. The van der Waals surface area contributed by atoms with Crippen LogP contribution in [0.25, 0.3) is 22.3 Å². The predicted molar refractivity (Wildman–Crippen MR) is 124 cm³/mol. The predicted octanol–water partition coefficient (Wildman–Crippen LogP) is 2.67. The van der Waals surface area contributed by atoms with Crippen LogP contribution in [0.5, 0.6) is 17.2 Å². The highest BCUT2D eigenvalue weighted by atomic mass is 16.6. The van der Waals surface area contributed by atoms with E-state index < -0.39 is 11.6 Å². The number of methoxy groups -OCH3 is 3. The molecule has 1 atom stereocenters. The molecule has 5 rings (SSSR count). The minimum atomic E-state index is -1.88. The second-order valence-corrected chi connectivity index (χ2v) is 8.42. The quantitative estimate of drug-likeness (QED) is 0.447. The van der Waals surface area contributed by atoms with Crippen LogP contribution in [0.4, 0.5) is 0 Å². The fraction of sp³-hybridized carbons (Fsp3) is 0.400. The Bertz CT molecular complexity index is 1430. The number of rotatable bonds is 5. The summed E-state index contributed by atoms with van der Waals surface area (Å²) in [5, 5.41) is 11.8. The molecule has 1 N–H and O–H groups in total. The third kappa shape index (κ3) is 2.73. The van der Waals surface area contributed by atoms with Crippen molar-refractivity contribution in [1.82, 2.24) is 9.55 Å². The summed E-state index contributed by atoms with van der Waals surface area (Å²) < 4.78 is 23.9. The lowest BCUT2D eigenvalue weighted by atomic mass is 9.86. The van der Waals surface area contributed by atoms with Gasteiger partial charge in [-0.15, -0.1) is 0 Å². The Morgan fingerprint density at radius 3 is 2.44 bits per heavy atom. The summed E-state index contributed by atoms with van der Waals surface area (Å²) in [6.45, 7) is 3.74. The SMILES string of the molecule is CCc1cc(OC)c(OC)c2c(OC)c3c(nc12)-c1cc2c(c(=O)n1C3)COC(=O)[C@]2(O)CC. The van der Waals surface area contributed by atoms with Gasteiger partial charge in [-0.1, -0.05) is 13.8 Å². The Morgan fingerprint density at radius 2 is 1.82 bits per heavy atom. The molecule has 4 heterocycles. The van der Waals surface area contributed by atoms with E-state index in [-0.39, 0.29) is 36.3 Å². The van der Waals surface area contributed by atoms with E-state index in [0.717, 1.165) is 11.1 Å². The van der Waals surface area contributed by atoms with Crippen LogP contribution in [0.1, 0.15) is 42.5 Å². The number of hydrogen-bond acceptors (Lipinski definition) is 8. The second kappa shape index (κ2) is 7.73. The number of pyridine rings is 2. The smallest absolute Gasteiger partial charge is 0.343 e. The molecule has 0 radical (unpaired) electrons. The fourth-order valence-corrected chi connectivity index (χ4v) is 5.08. The number of aromatic nitrogens is 2. The second-order valence-electron chi connectivity index (χ2n) is 8.42. The number of esters is 1. The van der Waals surface area contributed by atoms with Gasteiger partial charge in [0.25, 0.3) is 5.56 Å². The minimum absolute atomic E-state index is 0.0834. The van der Waals surface area contributed by atoms with Gasteiger partial charge in [0, 0.05) is 11.1 Å². The van der Waals surface area contributed by atoms with E-state index in [1.165, 1.54) is 0 Å². The van der Waals surface area contributed by atoms with Gasteiger partial charge in [-0.2, -0.15) is 0 Å². The topological polar surface area (TPSA) is 109 Å². The van der Waals surface area contributed by atoms with Crippen molar-refractivity contribution in [2.45, 2.75) is 45.4 Å². The molecule has 1 aromatic carbocycles. The van der Waals surface area contributed by atoms with Gasteiger partial charge in [0.1, 0.15) is 12.4 Å². The molecule has 0 spiro atoms. The van der Waals surface area contributed by atoms with E-state index in [4.69, 9.17) is 23.9 Å². The monoisotopic (exact) mass is 466 g/mol. The van der Waals surface area contributed by atoms with Crippen LogP contribution in [0.3, 0.4) is 0 Å². The van der Waals surface area contributed by atoms with Gasteiger partial charge in [-0.05, 0) is 30.5 Å². The number of carbonyl (C=O) groups is 1. The maximum Gasteiger partial charge on any atom is 0.343 e. The first-order valence-electron chi connectivity index (χ1n) is 11.2. The molecule has 2 aromatic heterocycles. The zero-order valence-electron chi connectivity index (χ0n) is 19.8. The van der Waals surface area contributed by atoms with Gasteiger partial charge in [0.15, 0.2) is 17.1 Å². The molecular weight excluding hydrogens is 440 g/mol. The normalized spacial score (nSPS) is 18.2. The van der Waals surface area contributed by atoms with E-state index in [2.05, 4.69) is 0 Å². The lowest BCUT2D eigenvalue weighted by Crippen LogP contribution is -2.44. The molecule has 34 heavy (non-hydrogen) atoms. The first-order valence-corrected chi connectivity index (χ1v) is 11.2. The molecule has 0 unspecified atom stereocenters. The molecule has 0 bridgehead atoms. The zero-order valence-corrected chi connectivity index (χ0v) is 19.8. The Kier molecular flexibility index (Phi) is 5.05. The Labute approximate surface area is 195 Å². The maximum atomic E-state index is 13.5.